The molecule has 2 amide bonds. The summed E-state index contributed by atoms with van der Waals surface area (Å²) in [4.78, 5) is 28.8. The SMILES string of the molecule is CC[C@H](C(=O)NC1CCCC1)N(Cc1ccc(Cl)c(Cl)c1)C(=O)CN(c1ccc(Oc2ccccc2)cc1)S(C)(=O)=O. The fourth-order valence-electron chi connectivity index (χ4n) is 5.04. The average molecular weight is 633 g/mol. The first kappa shape index (κ1) is 31.7. The van der Waals surface area contributed by atoms with E-state index in [0.717, 1.165) is 36.2 Å². The highest BCUT2D eigenvalue weighted by atomic mass is 35.5. The summed E-state index contributed by atoms with van der Waals surface area (Å²) in [5.41, 5.74) is 0.961. The number of carbonyl (C=O) groups is 2. The van der Waals surface area contributed by atoms with Crippen molar-refractivity contribution in [3.05, 3.63) is 88.4 Å². The Balaban J connectivity index is 1.59. The number of sulfonamides is 1. The highest BCUT2D eigenvalue weighted by Gasteiger charge is 2.33. The second kappa shape index (κ2) is 14.3. The van der Waals surface area contributed by atoms with Crippen LogP contribution in [0.15, 0.2) is 72.8 Å². The van der Waals surface area contributed by atoms with Gasteiger partial charge in [-0.25, -0.2) is 8.42 Å². The van der Waals surface area contributed by atoms with Crippen LogP contribution >= 0.6 is 23.2 Å². The van der Waals surface area contributed by atoms with Crippen molar-refractivity contribution in [2.24, 2.45) is 0 Å². The number of nitrogens with one attached hydrogen (secondary N) is 1. The Kier molecular flexibility index (Phi) is 10.8. The third kappa shape index (κ3) is 8.40. The zero-order valence-corrected chi connectivity index (χ0v) is 26.0. The van der Waals surface area contributed by atoms with Crippen LogP contribution in [0.3, 0.4) is 0 Å². The molecule has 1 N–H and O–H groups in total. The first-order valence-electron chi connectivity index (χ1n) is 13.9. The molecule has 0 heterocycles. The van der Waals surface area contributed by atoms with Gasteiger partial charge >= 0.3 is 0 Å². The molecular weight excluding hydrogens is 597 g/mol. The Morgan fingerprint density at radius 1 is 0.952 bits per heavy atom. The van der Waals surface area contributed by atoms with Crippen molar-refractivity contribution in [2.75, 3.05) is 17.1 Å². The minimum Gasteiger partial charge on any atom is -0.457 e. The van der Waals surface area contributed by atoms with Crippen molar-refractivity contribution in [1.29, 1.82) is 0 Å². The molecule has 0 spiro atoms. The molecule has 3 aromatic rings. The lowest BCUT2D eigenvalue weighted by atomic mass is 10.1. The van der Waals surface area contributed by atoms with Crippen molar-refractivity contribution >= 4 is 50.7 Å². The Morgan fingerprint density at radius 3 is 2.19 bits per heavy atom. The molecule has 1 fully saturated rings. The van der Waals surface area contributed by atoms with Gasteiger partial charge in [0.2, 0.25) is 21.8 Å². The molecule has 1 atom stereocenters. The summed E-state index contributed by atoms with van der Waals surface area (Å²) in [6.07, 6.45) is 5.28. The molecule has 0 saturated heterocycles. The van der Waals surface area contributed by atoms with Crippen LogP contribution in [0.4, 0.5) is 5.69 Å². The Bertz CT molecular complexity index is 1480. The number of ether oxygens (including phenoxy) is 1. The third-order valence-electron chi connectivity index (χ3n) is 7.21. The highest BCUT2D eigenvalue weighted by molar-refractivity contribution is 7.92. The number of benzene rings is 3. The lowest BCUT2D eigenvalue weighted by Crippen LogP contribution is -2.53. The van der Waals surface area contributed by atoms with Crippen molar-refractivity contribution < 1.29 is 22.7 Å². The first-order valence-corrected chi connectivity index (χ1v) is 16.5. The fourth-order valence-corrected chi connectivity index (χ4v) is 6.21. The van der Waals surface area contributed by atoms with E-state index in [2.05, 4.69) is 5.32 Å². The van der Waals surface area contributed by atoms with E-state index in [-0.39, 0.29) is 18.5 Å². The van der Waals surface area contributed by atoms with Crippen molar-refractivity contribution in [3.63, 3.8) is 0 Å². The van der Waals surface area contributed by atoms with Crippen LogP contribution in [0, 0.1) is 0 Å². The predicted molar refractivity (Wildman–Crippen MR) is 167 cm³/mol. The van der Waals surface area contributed by atoms with E-state index in [4.69, 9.17) is 27.9 Å². The van der Waals surface area contributed by atoms with Crippen LogP contribution in [0.25, 0.3) is 0 Å². The Hall–Kier alpha value is -3.27. The van der Waals surface area contributed by atoms with E-state index in [1.54, 1.807) is 42.5 Å². The maximum Gasteiger partial charge on any atom is 0.244 e. The number of hydrogen-bond donors (Lipinski definition) is 1. The molecule has 8 nitrogen and oxygen atoms in total. The van der Waals surface area contributed by atoms with Crippen LogP contribution in [0.1, 0.15) is 44.6 Å². The standard InChI is InChI=1S/C31H35Cl2N3O5S/c1-3-29(31(38)34-23-9-7-8-10-23)35(20-22-13-18-27(32)28(33)19-22)30(37)21-36(42(2,39)40)24-14-16-26(17-15-24)41-25-11-5-4-6-12-25/h4-6,11-19,23,29H,3,7-10,20-21H2,1-2H3,(H,34,38)/t29-/m1/s1. The first-order chi connectivity index (χ1) is 20.0. The van der Waals surface area contributed by atoms with Gasteiger partial charge in [-0.05, 0) is 73.4 Å². The second-order valence-electron chi connectivity index (χ2n) is 10.4. The molecule has 0 aromatic heterocycles. The summed E-state index contributed by atoms with van der Waals surface area (Å²) in [5, 5.41) is 3.77. The van der Waals surface area contributed by atoms with Crippen LogP contribution in [0.5, 0.6) is 11.5 Å². The predicted octanol–water partition coefficient (Wildman–Crippen LogP) is 6.42. The van der Waals surface area contributed by atoms with E-state index in [9.17, 15) is 18.0 Å². The number of carbonyl (C=O) groups excluding carboxylic acids is 2. The molecule has 4 rings (SSSR count). The molecule has 11 heteroatoms. The molecule has 0 radical (unpaired) electrons. The lowest BCUT2D eigenvalue weighted by Gasteiger charge is -2.33. The van der Waals surface area contributed by atoms with E-state index in [1.165, 1.54) is 4.90 Å². The molecular formula is C31H35Cl2N3O5S. The smallest absolute Gasteiger partial charge is 0.244 e. The molecule has 0 unspecified atom stereocenters. The van der Waals surface area contributed by atoms with E-state index in [1.807, 2.05) is 37.3 Å². The van der Waals surface area contributed by atoms with Crippen LogP contribution < -0.4 is 14.4 Å². The minimum absolute atomic E-state index is 0.0494. The van der Waals surface area contributed by atoms with Gasteiger partial charge in [0, 0.05) is 12.6 Å². The summed E-state index contributed by atoms with van der Waals surface area (Å²) in [7, 11) is -3.87. The molecule has 3 aromatic carbocycles. The van der Waals surface area contributed by atoms with Gasteiger partial charge in [-0.2, -0.15) is 0 Å². The number of anilines is 1. The lowest BCUT2D eigenvalue weighted by molar-refractivity contribution is -0.140. The average Bonchev–Trinajstić information content (AvgIpc) is 3.47. The van der Waals surface area contributed by atoms with Crippen LogP contribution in [-0.4, -0.2) is 50.0 Å². The number of amides is 2. The quantitative estimate of drug-likeness (QED) is 0.249. The third-order valence-corrected chi connectivity index (χ3v) is 9.09. The molecule has 1 aliphatic carbocycles. The van der Waals surface area contributed by atoms with Crippen LogP contribution in [0.2, 0.25) is 10.0 Å². The summed E-state index contributed by atoms with van der Waals surface area (Å²) in [6.45, 7) is 1.38. The number of hydrogen-bond acceptors (Lipinski definition) is 5. The molecule has 224 valence electrons. The summed E-state index contributed by atoms with van der Waals surface area (Å²) < 4.78 is 32.7. The maximum absolute atomic E-state index is 13.9. The number of halogens is 2. The summed E-state index contributed by atoms with van der Waals surface area (Å²) in [5.74, 6) is 0.371. The van der Waals surface area contributed by atoms with E-state index >= 15 is 0 Å². The number of rotatable bonds is 12. The number of nitrogens with zero attached hydrogens (tertiary/aromatic N) is 2. The van der Waals surface area contributed by atoms with E-state index in [0.29, 0.717) is 39.2 Å². The monoisotopic (exact) mass is 631 g/mol. The van der Waals surface area contributed by atoms with Gasteiger partial charge in [0.05, 0.1) is 22.0 Å². The highest BCUT2D eigenvalue weighted by Crippen LogP contribution is 2.27. The fraction of sp³-hybridized carbons (Fsp3) is 0.355. The van der Waals surface area contributed by atoms with Crippen molar-refractivity contribution in [3.8, 4) is 11.5 Å². The molecule has 1 saturated carbocycles. The topological polar surface area (TPSA) is 96.0 Å². The zero-order valence-electron chi connectivity index (χ0n) is 23.6. The van der Waals surface area contributed by atoms with Gasteiger partial charge in [-0.1, -0.05) is 67.2 Å². The normalized spacial score (nSPS) is 14.3. The van der Waals surface area contributed by atoms with E-state index < -0.39 is 28.5 Å². The maximum atomic E-state index is 13.9. The van der Waals surface area contributed by atoms with Crippen molar-refractivity contribution in [1.82, 2.24) is 10.2 Å². The van der Waals surface area contributed by atoms with Crippen LogP contribution in [-0.2, 0) is 26.2 Å². The Morgan fingerprint density at radius 2 is 1.60 bits per heavy atom. The Labute approximate surface area is 257 Å². The van der Waals surface area contributed by atoms with Gasteiger partial charge in [0.25, 0.3) is 0 Å². The van der Waals surface area contributed by atoms with Gasteiger partial charge in [0.1, 0.15) is 24.1 Å². The molecule has 0 aliphatic heterocycles. The summed E-state index contributed by atoms with van der Waals surface area (Å²) in [6, 6.07) is 19.9. The van der Waals surface area contributed by atoms with Gasteiger partial charge in [-0.15, -0.1) is 0 Å². The summed E-state index contributed by atoms with van der Waals surface area (Å²) >= 11 is 12.3. The van der Waals surface area contributed by atoms with Gasteiger partial charge in [0.15, 0.2) is 0 Å². The minimum atomic E-state index is -3.87. The second-order valence-corrected chi connectivity index (χ2v) is 13.1. The van der Waals surface area contributed by atoms with Gasteiger partial charge < -0.3 is 15.0 Å². The molecule has 1 aliphatic rings. The van der Waals surface area contributed by atoms with Gasteiger partial charge in [-0.3, -0.25) is 13.9 Å². The van der Waals surface area contributed by atoms with Crippen molar-refractivity contribution in [2.45, 2.75) is 57.7 Å². The molecule has 0 bridgehead atoms. The largest absolute Gasteiger partial charge is 0.457 e. The number of para-hydroxylation sites is 1. The molecule has 42 heavy (non-hydrogen) atoms. The zero-order chi connectivity index (χ0) is 30.3.